The Morgan fingerprint density at radius 1 is 0.917 bits per heavy atom. The van der Waals surface area contributed by atoms with Crippen LogP contribution in [0.2, 0.25) is 0 Å². The number of nitrogens with zero attached hydrogens (tertiary/aromatic N) is 3. The molecule has 0 aliphatic carbocycles. The van der Waals surface area contributed by atoms with Gasteiger partial charge in [-0.25, -0.2) is 14.6 Å². The van der Waals surface area contributed by atoms with Crippen LogP contribution in [0.5, 0.6) is 0 Å². The van der Waals surface area contributed by atoms with Crippen LogP contribution in [0.1, 0.15) is 76.2 Å². The lowest BCUT2D eigenvalue weighted by molar-refractivity contribution is 0.00684. The van der Waals surface area contributed by atoms with Crippen molar-refractivity contribution in [1.29, 1.82) is 0 Å². The van der Waals surface area contributed by atoms with Crippen molar-refractivity contribution in [3.8, 4) is 11.1 Å². The quantitative estimate of drug-likeness (QED) is 0.410. The van der Waals surface area contributed by atoms with Crippen molar-refractivity contribution in [2.75, 3.05) is 13.1 Å². The van der Waals surface area contributed by atoms with Gasteiger partial charge in [-0.15, -0.1) is 0 Å². The summed E-state index contributed by atoms with van der Waals surface area (Å²) in [6, 6.07) is 8.87. The summed E-state index contributed by atoms with van der Waals surface area (Å²) in [7, 11) is 0. The minimum atomic E-state index is -0.683. The number of ether oxygens (including phenoxy) is 2. The van der Waals surface area contributed by atoms with Gasteiger partial charge in [0.1, 0.15) is 16.9 Å². The van der Waals surface area contributed by atoms with E-state index in [-0.39, 0.29) is 17.2 Å². The maximum Gasteiger partial charge on any atom is 0.418 e. The summed E-state index contributed by atoms with van der Waals surface area (Å²) >= 11 is 0. The molecule has 0 aliphatic rings. The van der Waals surface area contributed by atoms with Crippen LogP contribution in [-0.4, -0.2) is 56.7 Å². The summed E-state index contributed by atoms with van der Waals surface area (Å²) in [5, 5.41) is 0.722. The minimum absolute atomic E-state index is 0.225. The molecule has 36 heavy (non-hydrogen) atoms. The van der Waals surface area contributed by atoms with Crippen molar-refractivity contribution in [1.82, 2.24) is 14.5 Å². The zero-order valence-electron chi connectivity index (χ0n) is 22.3. The van der Waals surface area contributed by atoms with E-state index in [1.165, 1.54) is 10.8 Å². The Morgan fingerprint density at radius 2 is 1.56 bits per heavy atom. The highest BCUT2D eigenvalue weighted by Crippen LogP contribution is 2.33. The lowest BCUT2D eigenvalue weighted by Gasteiger charge is -2.22. The molecule has 0 bridgehead atoms. The molecular weight excluding hydrogens is 458 g/mol. The van der Waals surface area contributed by atoms with Gasteiger partial charge in [0, 0.05) is 36.4 Å². The Hall–Kier alpha value is -3.68. The van der Waals surface area contributed by atoms with Gasteiger partial charge < -0.3 is 14.4 Å². The van der Waals surface area contributed by atoms with Crippen LogP contribution in [-0.2, 0) is 9.47 Å². The van der Waals surface area contributed by atoms with Crippen molar-refractivity contribution >= 4 is 28.9 Å². The Morgan fingerprint density at radius 3 is 2.14 bits per heavy atom. The fraction of sp³-hybridized carbons (Fsp3) is 0.429. The summed E-state index contributed by atoms with van der Waals surface area (Å²) in [6.07, 6.45) is 2.51. The highest BCUT2D eigenvalue weighted by Gasteiger charge is 2.26. The van der Waals surface area contributed by atoms with Crippen LogP contribution in [0, 0.1) is 0 Å². The van der Waals surface area contributed by atoms with E-state index in [2.05, 4.69) is 4.98 Å². The molecule has 0 unspecified atom stereocenters. The summed E-state index contributed by atoms with van der Waals surface area (Å²) < 4.78 is 12.5. The van der Waals surface area contributed by atoms with E-state index in [0.717, 1.165) is 5.39 Å². The number of aromatic nitrogens is 2. The zero-order valence-corrected chi connectivity index (χ0v) is 22.3. The van der Waals surface area contributed by atoms with Crippen molar-refractivity contribution in [2.24, 2.45) is 0 Å². The average molecular weight is 494 g/mol. The predicted octanol–water partition coefficient (Wildman–Crippen LogP) is 5.92. The van der Waals surface area contributed by atoms with Gasteiger partial charge in [0.25, 0.3) is 5.91 Å². The number of hydrogen-bond donors (Lipinski definition) is 0. The maximum absolute atomic E-state index is 13.4. The van der Waals surface area contributed by atoms with Crippen LogP contribution in [0.15, 0.2) is 42.7 Å². The van der Waals surface area contributed by atoms with E-state index in [9.17, 15) is 14.4 Å². The lowest BCUT2D eigenvalue weighted by atomic mass is 9.98. The number of pyridine rings is 1. The topological polar surface area (TPSA) is 90.7 Å². The first kappa shape index (κ1) is 26.9. The van der Waals surface area contributed by atoms with E-state index < -0.39 is 23.3 Å². The number of hydrogen-bond acceptors (Lipinski definition) is 6. The van der Waals surface area contributed by atoms with E-state index in [1.54, 1.807) is 76.9 Å². The van der Waals surface area contributed by atoms with Gasteiger partial charge in [0.2, 0.25) is 0 Å². The normalized spacial score (nSPS) is 11.9. The SMILES string of the molecule is CCN(CC)C(=O)c1ncc(C(=O)OC(C)(C)C)cc1-c1cccc2c1ccn2C(=O)OC(C)(C)C. The van der Waals surface area contributed by atoms with E-state index in [1.807, 2.05) is 19.9 Å². The summed E-state index contributed by atoms with van der Waals surface area (Å²) in [4.78, 5) is 45.1. The molecule has 192 valence electrons. The first-order chi connectivity index (χ1) is 16.8. The first-order valence-electron chi connectivity index (χ1n) is 12.1. The molecule has 0 fully saturated rings. The predicted molar refractivity (Wildman–Crippen MR) is 139 cm³/mol. The molecule has 0 atom stereocenters. The number of carbonyl (C=O) groups is 3. The van der Waals surface area contributed by atoms with Gasteiger partial charge in [-0.1, -0.05) is 12.1 Å². The van der Waals surface area contributed by atoms with Gasteiger partial charge >= 0.3 is 12.1 Å². The second kappa shape index (κ2) is 10.1. The fourth-order valence-corrected chi connectivity index (χ4v) is 3.82. The van der Waals surface area contributed by atoms with Crippen LogP contribution >= 0.6 is 0 Å². The molecule has 1 aromatic carbocycles. The van der Waals surface area contributed by atoms with Crippen molar-refractivity contribution in [3.05, 3.63) is 54.0 Å². The Bertz CT molecular complexity index is 1290. The largest absolute Gasteiger partial charge is 0.456 e. The smallest absolute Gasteiger partial charge is 0.418 e. The minimum Gasteiger partial charge on any atom is -0.456 e. The van der Waals surface area contributed by atoms with Crippen molar-refractivity contribution in [2.45, 2.75) is 66.6 Å². The Labute approximate surface area is 212 Å². The molecule has 0 saturated heterocycles. The van der Waals surface area contributed by atoms with Crippen LogP contribution < -0.4 is 0 Å². The molecule has 0 saturated carbocycles. The molecule has 0 radical (unpaired) electrons. The molecule has 0 N–H and O–H groups in total. The number of fused-ring (bicyclic) bond motifs is 1. The lowest BCUT2D eigenvalue weighted by Crippen LogP contribution is -2.31. The zero-order chi connectivity index (χ0) is 26.8. The maximum atomic E-state index is 13.4. The van der Waals surface area contributed by atoms with Crippen molar-refractivity contribution < 1.29 is 23.9 Å². The van der Waals surface area contributed by atoms with Crippen LogP contribution in [0.3, 0.4) is 0 Å². The Kier molecular flexibility index (Phi) is 7.57. The number of amides is 1. The third-order valence-corrected chi connectivity index (χ3v) is 5.39. The molecule has 2 heterocycles. The molecule has 0 spiro atoms. The van der Waals surface area contributed by atoms with E-state index in [0.29, 0.717) is 29.7 Å². The van der Waals surface area contributed by atoms with E-state index >= 15 is 0 Å². The monoisotopic (exact) mass is 493 g/mol. The summed E-state index contributed by atoms with van der Waals surface area (Å²) in [6.45, 7) is 15.6. The second-order valence-corrected chi connectivity index (χ2v) is 10.5. The third-order valence-electron chi connectivity index (χ3n) is 5.39. The van der Waals surface area contributed by atoms with Gasteiger partial charge in [0.15, 0.2) is 0 Å². The standard InChI is InChI=1S/C28H35N3O5/c1-9-30(10-2)24(32)23-21(16-18(17-29-23)25(33)35-27(3,4)5)19-12-11-13-22-20(19)14-15-31(22)26(34)36-28(6,7)8/h11-17H,9-10H2,1-8H3. The van der Waals surface area contributed by atoms with E-state index in [4.69, 9.17) is 9.47 Å². The Balaban J connectivity index is 2.21. The summed E-state index contributed by atoms with van der Waals surface area (Å²) in [5.41, 5.74) is 0.901. The molecule has 0 aliphatic heterocycles. The number of esters is 1. The van der Waals surface area contributed by atoms with Gasteiger partial charge in [-0.2, -0.15) is 0 Å². The highest BCUT2D eigenvalue weighted by molar-refractivity contribution is 6.06. The fourth-order valence-electron chi connectivity index (χ4n) is 3.82. The molecule has 2 aromatic heterocycles. The van der Waals surface area contributed by atoms with Crippen LogP contribution in [0.4, 0.5) is 4.79 Å². The third kappa shape index (κ3) is 5.93. The second-order valence-electron chi connectivity index (χ2n) is 10.5. The number of carbonyl (C=O) groups excluding carboxylic acids is 3. The molecular formula is C28H35N3O5. The first-order valence-corrected chi connectivity index (χ1v) is 12.1. The number of rotatable bonds is 5. The number of benzene rings is 1. The molecule has 8 heteroatoms. The average Bonchev–Trinajstić information content (AvgIpc) is 3.21. The van der Waals surface area contributed by atoms with Gasteiger partial charge in [-0.05, 0) is 79.2 Å². The van der Waals surface area contributed by atoms with Crippen molar-refractivity contribution in [3.63, 3.8) is 0 Å². The van der Waals surface area contributed by atoms with Gasteiger partial charge in [-0.3, -0.25) is 9.36 Å². The molecule has 1 amide bonds. The molecule has 3 rings (SSSR count). The molecule has 3 aromatic rings. The van der Waals surface area contributed by atoms with Gasteiger partial charge in [0.05, 0.1) is 11.1 Å². The van der Waals surface area contributed by atoms with Crippen LogP contribution in [0.25, 0.3) is 22.0 Å². The summed E-state index contributed by atoms with van der Waals surface area (Å²) in [5.74, 6) is -0.772. The highest BCUT2D eigenvalue weighted by atomic mass is 16.6. The molecule has 8 nitrogen and oxygen atoms in total.